The molecule has 1 saturated heterocycles. The van der Waals surface area contributed by atoms with Crippen LogP contribution in [0.25, 0.3) is 0 Å². The summed E-state index contributed by atoms with van der Waals surface area (Å²) >= 11 is 0. The molecule has 1 atom stereocenters. The number of amides is 1. The fourth-order valence-electron chi connectivity index (χ4n) is 3.79. The van der Waals surface area contributed by atoms with Crippen LogP contribution in [0.15, 0.2) is 29.2 Å². The average Bonchev–Trinajstić information content (AvgIpc) is 3.20. The minimum atomic E-state index is -3.52. The van der Waals surface area contributed by atoms with E-state index in [9.17, 15) is 13.2 Å². The normalized spacial score (nSPS) is 21.1. The maximum atomic E-state index is 12.8. The van der Waals surface area contributed by atoms with Crippen LogP contribution in [0.3, 0.4) is 0 Å². The number of carbonyl (C=O) groups excluding carboxylic acids is 1. The topological polar surface area (TPSA) is 79.0 Å². The lowest BCUT2D eigenvalue weighted by Gasteiger charge is -2.37. The van der Waals surface area contributed by atoms with Crippen molar-refractivity contribution in [2.45, 2.75) is 49.6 Å². The highest BCUT2D eigenvalue weighted by atomic mass is 32.2. The molecule has 1 saturated carbocycles. The minimum Gasteiger partial charge on any atom is -0.497 e. The Morgan fingerprint density at radius 3 is 2.26 bits per heavy atom. The van der Waals surface area contributed by atoms with E-state index in [0.29, 0.717) is 38.0 Å². The summed E-state index contributed by atoms with van der Waals surface area (Å²) in [5, 5.41) is 3.13. The van der Waals surface area contributed by atoms with Gasteiger partial charge in [0.1, 0.15) is 5.75 Å². The van der Waals surface area contributed by atoms with Crippen molar-refractivity contribution in [2.75, 3.05) is 33.3 Å². The van der Waals surface area contributed by atoms with E-state index in [2.05, 4.69) is 10.2 Å². The maximum Gasteiger partial charge on any atom is 0.243 e. The lowest BCUT2D eigenvalue weighted by atomic mass is 10.2. The third-order valence-electron chi connectivity index (χ3n) is 5.60. The number of methoxy groups -OCH3 is 1. The highest BCUT2D eigenvalue weighted by Crippen LogP contribution is 2.22. The number of hydrogen-bond donors (Lipinski definition) is 1. The zero-order valence-corrected chi connectivity index (χ0v) is 16.9. The van der Waals surface area contributed by atoms with Gasteiger partial charge < -0.3 is 10.1 Å². The van der Waals surface area contributed by atoms with Gasteiger partial charge in [0.05, 0.1) is 18.0 Å². The second kappa shape index (κ2) is 8.58. The Balaban J connectivity index is 1.56. The highest BCUT2D eigenvalue weighted by molar-refractivity contribution is 7.89. The molecule has 1 aromatic rings. The number of nitrogens with one attached hydrogen (secondary N) is 1. The number of carbonyl (C=O) groups is 1. The molecular formula is C19H29N3O4S. The van der Waals surface area contributed by atoms with E-state index in [1.54, 1.807) is 31.4 Å². The van der Waals surface area contributed by atoms with Crippen LogP contribution in [0.1, 0.15) is 32.6 Å². The first-order valence-corrected chi connectivity index (χ1v) is 11.0. The van der Waals surface area contributed by atoms with Gasteiger partial charge in [0, 0.05) is 32.2 Å². The predicted molar refractivity (Wildman–Crippen MR) is 103 cm³/mol. The summed E-state index contributed by atoms with van der Waals surface area (Å²) in [6, 6.07) is 6.50. The largest absolute Gasteiger partial charge is 0.497 e. The van der Waals surface area contributed by atoms with Crippen molar-refractivity contribution in [3.63, 3.8) is 0 Å². The first kappa shape index (κ1) is 20.1. The van der Waals surface area contributed by atoms with Gasteiger partial charge in [0.15, 0.2) is 0 Å². The predicted octanol–water partition coefficient (Wildman–Crippen LogP) is 1.45. The first-order chi connectivity index (χ1) is 12.9. The third-order valence-corrected chi connectivity index (χ3v) is 7.51. The molecule has 3 rings (SSSR count). The maximum absolute atomic E-state index is 12.8. The molecule has 150 valence electrons. The van der Waals surface area contributed by atoms with Crippen molar-refractivity contribution in [3.05, 3.63) is 24.3 Å². The molecule has 1 amide bonds. The molecule has 1 aliphatic heterocycles. The van der Waals surface area contributed by atoms with Crippen molar-refractivity contribution in [1.29, 1.82) is 0 Å². The second-order valence-electron chi connectivity index (χ2n) is 7.28. The Morgan fingerprint density at radius 1 is 1.11 bits per heavy atom. The fourth-order valence-corrected chi connectivity index (χ4v) is 5.21. The van der Waals surface area contributed by atoms with Crippen LogP contribution >= 0.6 is 0 Å². The molecule has 0 aromatic heterocycles. The molecule has 0 unspecified atom stereocenters. The summed E-state index contributed by atoms with van der Waals surface area (Å²) < 4.78 is 32.2. The number of nitrogens with zero attached hydrogens (tertiary/aromatic N) is 2. The second-order valence-corrected chi connectivity index (χ2v) is 9.22. The van der Waals surface area contributed by atoms with Crippen LogP contribution in [-0.4, -0.2) is 68.9 Å². The average molecular weight is 396 g/mol. The monoisotopic (exact) mass is 395 g/mol. The number of ether oxygens (including phenoxy) is 1. The lowest BCUT2D eigenvalue weighted by Crippen LogP contribution is -2.55. The van der Waals surface area contributed by atoms with Gasteiger partial charge in [-0.25, -0.2) is 8.42 Å². The van der Waals surface area contributed by atoms with Crippen molar-refractivity contribution < 1.29 is 17.9 Å². The van der Waals surface area contributed by atoms with Crippen molar-refractivity contribution in [1.82, 2.24) is 14.5 Å². The van der Waals surface area contributed by atoms with Gasteiger partial charge in [0.2, 0.25) is 15.9 Å². The molecule has 8 heteroatoms. The van der Waals surface area contributed by atoms with Crippen LogP contribution in [0, 0.1) is 0 Å². The van der Waals surface area contributed by atoms with Gasteiger partial charge in [-0.2, -0.15) is 4.31 Å². The number of benzene rings is 1. The molecule has 0 bridgehead atoms. The molecule has 0 spiro atoms. The molecule has 1 N–H and O–H groups in total. The number of piperazine rings is 1. The quantitative estimate of drug-likeness (QED) is 0.789. The number of hydrogen-bond acceptors (Lipinski definition) is 5. The summed E-state index contributed by atoms with van der Waals surface area (Å²) in [5.74, 6) is 0.675. The van der Waals surface area contributed by atoms with E-state index in [0.717, 1.165) is 12.8 Å². The summed E-state index contributed by atoms with van der Waals surface area (Å²) in [4.78, 5) is 14.8. The van der Waals surface area contributed by atoms with Gasteiger partial charge in [-0.15, -0.1) is 0 Å². The van der Waals surface area contributed by atoms with E-state index in [1.807, 2.05) is 6.92 Å². The van der Waals surface area contributed by atoms with E-state index >= 15 is 0 Å². The van der Waals surface area contributed by atoms with E-state index < -0.39 is 10.0 Å². The van der Waals surface area contributed by atoms with Crippen LogP contribution in [-0.2, 0) is 14.8 Å². The Hall–Kier alpha value is -1.64. The summed E-state index contributed by atoms with van der Waals surface area (Å²) in [6.07, 6.45) is 4.49. The van der Waals surface area contributed by atoms with Crippen LogP contribution in [0.4, 0.5) is 0 Å². The Labute approximate surface area is 161 Å². The molecule has 27 heavy (non-hydrogen) atoms. The Bertz CT molecular complexity index is 737. The summed E-state index contributed by atoms with van der Waals surface area (Å²) in [5.41, 5.74) is 0. The van der Waals surface area contributed by atoms with Crippen LogP contribution in [0.5, 0.6) is 5.75 Å². The van der Waals surface area contributed by atoms with Crippen molar-refractivity contribution in [2.24, 2.45) is 0 Å². The Morgan fingerprint density at radius 2 is 1.70 bits per heavy atom. The fraction of sp³-hybridized carbons (Fsp3) is 0.632. The molecule has 2 aliphatic rings. The highest BCUT2D eigenvalue weighted by Gasteiger charge is 2.32. The lowest BCUT2D eigenvalue weighted by molar-refractivity contribution is -0.127. The summed E-state index contributed by atoms with van der Waals surface area (Å²) in [7, 11) is -1.98. The smallest absolute Gasteiger partial charge is 0.243 e. The van der Waals surface area contributed by atoms with Crippen LogP contribution in [0.2, 0.25) is 0 Å². The van der Waals surface area contributed by atoms with Crippen molar-refractivity contribution >= 4 is 15.9 Å². The summed E-state index contributed by atoms with van der Waals surface area (Å²) in [6.45, 7) is 3.77. The molecule has 1 aliphatic carbocycles. The molecule has 0 radical (unpaired) electrons. The number of sulfonamides is 1. The van der Waals surface area contributed by atoms with Crippen molar-refractivity contribution in [3.8, 4) is 5.75 Å². The zero-order chi connectivity index (χ0) is 19.4. The van der Waals surface area contributed by atoms with Gasteiger partial charge in [-0.05, 0) is 44.0 Å². The standard InChI is InChI=1S/C19H29N3O4S/c1-15(19(23)20-16-5-3-4-6-16)21-11-13-22(14-12-21)27(24,25)18-9-7-17(26-2)8-10-18/h7-10,15-16H,3-6,11-14H2,1-2H3,(H,20,23)/t15-/m0/s1. The van der Waals surface area contributed by atoms with Crippen LogP contribution < -0.4 is 10.1 Å². The first-order valence-electron chi connectivity index (χ1n) is 9.60. The van der Waals surface area contributed by atoms with Gasteiger partial charge in [0.25, 0.3) is 0 Å². The van der Waals surface area contributed by atoms with Gasteiger partial charge in [-0.1, -0.05) is 12.8 Å². The number of rotatable bonds is 6. The zero-order valence-electron chi connectivity index (χ0n) is 16.1. The molecule has 7 nitrogen and oxygen atoms in total. The molecule has 1 aromatic carbocycles. The van der Waals surface area contributed by atoms with E-state index in [4.69, 9.17) is 4.74 Å². The third kappa shape index (κ3) is 4.62. The minimum absolute atomic E-state index is 0.0494. The van der Waals surface area contributed by atoms with E-state index in [-0.39, 0.29) is 16.8 Å². The van der Waals surface area contributed by atoms with Gasteiger partial charge >= 0.3 is 0 Å². The molecular weight excluding hydrogens is 366 g/mol. The molecule has 1 heterocycles. The van der Waals surface area contributed by atoms with E-state index in [1.165, 1.54) is 17.1 Å². The van der Waals surface area contributed by atoms with Gasteiger partial charge in [-0.3, -0.25) is 9.69 Å². The molecule has 2 fully saturated rings. The SMILES string of the molecule is COc1ccc(S(=O)(=O)N2CCN([C@@H](C)C(=O)NC3CCCC3)CC2)cc1. The Kier molecular flexibility index (Phi) is 6.39.